The van der Waals surface area contributed by atoms with Crippen molar-refractivity contribution in [2.45, 2.75) is 19.7 Å². The molecule has 0 aromatic heterocycles. The topological polar surface area (TPSA) is 69.4 Å². The number of hydrogen-bond donors (Lipinski definition) is 2. The fourth-order valence-corrected chi connectivity index (χ4v) is 2.22. The van der Waals surface area contributed by atoms with Crippen LogP contribution in [0.15, 0.2) is 47.5 Å². The van der Waals surface area contributed by atoms with Gasteiger partial charge in [0.15, 0.2) is 5.96 Å². The van der Waals surface area contributed by atoms with Gasteiger partial charge < -0.3 is 15.4 Å². The smallest absolute Gasteiger partial charge is 0.387 e. The molecule has 0 unspecified atom stereocenters. The van der Waals surface area contributed by atoms with Crippen molar-refractivity contribution < 1.29 is 17.9 Å². The Morgan fingerprint density at radius 2 is 1.85 bits per heavy atom. The van der Waals surface area contributed by atoms with Crippen molar-refractivity contribution >= 4 is 5.96 Å². The number of nitriles is 1. The van der Waals surface area contributed by atoms with Gasteiger partial charge in [-0.15, -0.1) is 0 Å². The lowest BCUT2D eigenvalue weighted by molar-refractivity contribution is -0.0504. The maximum Gasteiger partial charge on any atom is 0.387 e. The maximum absolute atomic E-state index is 13.8. The van der Waals surface area contributed by atoms with Gasteiger partial charge in [0, 0.05) is 31.3 Å². The third kappa shape index (κ3) is 5.41. The highest BCUT2D eigenvalue weighted by atomic mass is 19.3. The number of rotatable bonds is 6. The fraction of sp³-hybridized carbons (Fsp3) is 0.222. The minimum absolute atomic E-state index is 0.0678. The van der Waals surface area contributed by atoms with Crippen molar-refractivity contribution in [1.29, 1.82) is 5.26 Å². The molecule has 0 aliphatic carbocycles. The molecule has 2 aromatic rings. The van der Waals surface area contributed by atoms with Crippen LogP contribution in [0.3, 0.4) is 0 Å². The Morgan fingerprint density at radius 3 is 2.50 bits per heavy atom. The van der Waals surface area contributed by atoms with Crippen LogP contribution in [0.25, 0.3) is 0 Å². The predicted molar refractivity (Wildman–Crippen MR) is 91.2 cm³/mol. The number of para-hydroxylation sites is 1. The average Bonchev–Trinajstić information content (AvgIpc) is 2.64. The van der Waals surface area contributed by atoms with Gasteiger partial charge in [-0.1, -0.05) is 18.2 Å². The summed E-state index contributed by atoms with van der Waals surface area (Å²) in [5.41, 5.74) is 1.19. The van der Waals surface area contributed by atoms with E-state index in [0.29, 0.717) is 22.6 Å². The van der Waals surface area contributed by atoms with E-state index in [1.54, 1.807) is 18.2 Å². The molecule has 26 heavy (non-hydrogen) atoms. The van der Waals surface area contributed by atoms with Crippen molar-refractivity contribution in [2.75, 3.05) is 7.05 Å². The molecular weight excluding hydrogens is 345 g/mol. The molecule has 0 aliphatic heterocycles. The summed E-state index contributed by atoms with van der Waals surface area (Å²) in [4.78, 5) is 4.00. The molecule has 0 spiro atoms. The zero-order valence-corrected chi connectivity index (χ0v) is 14.0. The third-order valence-electron chi connectivity index (χ3n) is 3.48. The lowest BCUT2D eigenvalue weighted by Gasteiger charge is -2.14. The molecule has 0 fully saturated rings. The van der Waals surface area contributed by atoms with Gasteiger partial charge >= 0.3 is 6.61 Å². The zero-order chi connectivity index (χ0) is 18.9. The van der Waals surface area contributed by atoms with E-state index in [4.69, 9.17) is 5.26 Å². The number of alkyl halides is 2. The van der Waals surface area contributed by atoms with E-state index in [1.165, 1.54) is 31.3 Å². The second-order valence-corrected chi connectivity index (χ2v) is 5.18. The van der Waals surface area contributed by atoms with Gasteiger partial charge in [0.25, 0.3) is 0 Å². The Hall–Kier alpha value is -3.21. The number of nitrogens with one attached hydrogen (secondary N) is 2. The summed E-state index contributed by atoms with van der Waals surface area (Å²) >= 11 is 0. The molecule has 0 aliphatic rings. The van der Waals surface area contributed by atoms with E-state index in [1.807, 2.05) is 6.07 Å². The van der Waals surface area contributed by atoms with Gasteiger partial charge in [0.05, 0.1) is 11.6 Å². The highest BCUT2D eigenvalue weighted by Gasteiger charge is 2.10. The van der Waals surface area contributed by atoms with Crippen LogP contribution in [-0.4, -0.2) is 19.6 Å². The van der Waals surface area contributed by atoms with E-state index in [9.17, 15) is 13.2 Å². The standard InChI is InChI=1S/C18H17F3N4O/c1-23-18(25-11-14-8-12(9-22)6-7-15(14)19)24-10-13-4-2-3-5-16(13)26-17(20)21/h2-8,17H,10-11H2,1H3,(H2,23,24,25). The number of ether oxygens (including phenoxy) is 1. The van der Waals surface area contributed by atoms with Crippen LogP contribution < -0.4 is 15.4 Å². The molecule has 0 saturated carbocycles. The lowest BCUT2D eigenvalue weighted by atomic mass is 10.1. The quantitative estimate of drug-likeness (QED) is 0.612. The summed E-state index contributed by atoms with van der Waals surface area (Å²) in [6.07, 6.45) is 0. The highest BCUT2D eigenvalue weighted by molar-refractivity contribution is 5.79. The maximum atomic E-state index is 13.8. The van der Waals surface area contributed by atoms with Crippen LogP contribution in [0, 0.1) is 17.1 Å². The lowest BCUT2D eigenvalue weighted by Crippen LogP contribution is -2.36. The molecule has 0 atom stereocenters. The Morgan fingerprint density at radius 1 is 1.15 bits per heavy atom. The molecule has 136 valence electrons. The number of guanidine groups is 1. The minimum atomic E-state index is -2.91. The van der Waals surface area contributed by atoms with Crippen molar-refractivity contribution in [3.05, 3.63) is 65.0 Å². The molecule has 0 radical (unpaired) electrons. The van der Waals surface area contributed by atoms with Crippen LogP contribution in [0.5, 0.6) is 5.75 Å². The van der Waals surface area contributed by atoms with Crippen molar-refractivity contribution in [3.63, 3.8) is 0 Å². The first-order chi connectivity index (χ1) is 12.5. The van der Waals surface area contributed by atoms with Gasteiger partial charge in [-0.25, -0.2) is 4.39 Å². The Labute approximate surface area is 149 Å². The van der Waals surface area contributed by atoms with E-state index in [0.717, 1.165) is 0 Å². The summed E-state index contributed by atoms with van der Waals surface area (Å²) in [7, 11) is 1.53. The molecular formula is C18H17F3N4O. The van der Waals surface area contributed by atoms with Crippen LogP contribution in [0.1, 0.15) is 16.7 Å². The van der Waals surface area contributed by atoms with Gasteiger partial charge in [-0.05, 0) is 24.3 Å². The Balaban J connectivity index is 1.98. The zero-order valence-electron chi connectivity index (χ0n) is 14.0. The number of benzene rings is 2. The van der Waals surface area contributed by atoms with Gasteiger partial charge in [-0.2, -0.15) is 14.0 Å². The van der Waals surface area contributed by atoms with Gasteiger partial charge in [0.2, 0.25) is 0 Å². The fourth-order valence-electron chi connectivity index (χ4n) is 2.22. The number of aliphatic imine (C=N–C) groups is 1. The largest absolute Gasteiger partial charge is 0.434 e. The first-order valence-electron chi connectivity index (χ1n) is 7.69. The summed E-state index contributed by atoms with van der Waals surface area (Å²) in [6, 6.07) is 12.4. The van der Waals surface area contributed by atoms with E-state index < -0.39 is 12.4 Å². The number of halogens is 3. The van der Waals surface area contributed by atoms with E-state index in [2.05, 4.69) is 20.4 Å². The van der Waals surface area contributed by atoms with Crippen LogP contribution in [0.4, 0.5) is 13.2 Å². The van der Waals surface area contributed by atoms with Crippen molar-refractivity contribution in [3.8, 4) is 11.8 Å². The number of hydrogen-bond acceptors (Lipinski definition) is 3. The molecule has 2 N–H and O–H groups in total. The molecule has 0 bridgehead atoms. The minimum Gasteiger partial charge on any atom is -0.434 e. The molecule has 0 amide bonds. The summed E-state index contributed by atoms with van der Waals surface area (Å²) in [5.74, 6) is -0.0283. The van der Waals surface area contributed by atoms with Gasteiger partial charge in [0.1, 0.15) is 11.6 Å². The van der Waals surface area contributed by atoms with E-state index in [-0.39, 0.29) is 18.8 Å². The molecule has 0 heterocycles. The van der Waals surface area contributed by atoms with Crippen LogP contribution in [0.2, 0.25) is 0 Å². The molecule has 8 heteroatoms. The van der Waals surface area contributed by atoms with E-state index >= 15 is 0 Å². The molecule has 5 nitrogen and oxygen atoms in total. The molecule has 2 aromatic carbocycles. The first kappa shape index (κ1) is 19.1. The van der Waals surface area contributed by atoms with Crippen LogP contribution in [-0.2, 0) is 13.1 Å². The Bertz CT molecular complexity index is 818. The normalized spacial score (nSPS) is 11.2. The number of nitrogens with zero attached hydrogens (tertiary/aromatic N) is 2. The predicted octanol–water partition coefficient (Wildman–Crippen LogP) is 3.16. The SMILES string of the molecule is CN=C(NCc1cc(C#N)ccc1F)NCc1ccccc1OC(F)F. The van der Waals surface area contributed by atoms with Gasteiger partial charge in [-0.3, -0.25) is 4.99 Å². The third-order valence-corrected chi connectivity index (χ3v) is 3.48. The molecule has 0 saturated heterocycles. The first-order valence-corrected chi connectivity index (χ1v) is 7.69. The molecule has 2 rings (SSSR count). The summed E-state index contributed by atoms with van der Waals surface area (Å²) in [5, 5.41) is 14.7. The second kappa shape index (κ2) is 9.32. The second-order valence-electron chi connectivity index (χ2n) is 5.18. The Kier molecular flexibility index (Phi) is 6.85. The van der Waals surface area contributed by atoms with Crippen LogP contribution >= 0.6 is 0 Å². The van der Waals surface area contributed by atoms with Crippen molar-refractivity contribution in [1.82, 2.24) is 10.6 Å². The highest BCUT2D eigenvalue weighted by Crippen LogP contribution is 2.19. The summed E-state index contributed by atoms with van der Waals surface area (Å²) < 4.78 is 43.1. The monoisotopic (exact) mass is 362 g/mol. The average molecular weight is 362 g/mol. The van der Waals surface area contributed by atoms with Crippen molar-refractivity contribution in [2.24, 2.45) is 4.99 Å². The summed E-state index contributed by atoms with van der Waals surface area (Å²) in [6.45, 7) is -2.62.